The molecule has 17 heavy (non-hydrogen) atoms. The van der Waals surface area contributed by atoms with Gasteiger partial charge in [-0.05, 0) is 29.9 Å². The van der Waals surface area contributed by atoms with E-state index < -0.39 is 0 Å². The number of pyridine rings is 1. The molecule has 1 fully saturated rings. The van der Waals surface area contributed by atoms with Gasteiger partial charge < -0.3 is 5.32 Å². The maximum atomic E-state index is 12.0. The van der Waals surface area contributed by atoms with Crippen LogP contribution in [-0.2, 0) is 11.2 Å². The Morgan fingerprint density at radius 2 is 2.18 bits per heavy atom. The SMILES string of the molecule is CC(C)(C)C1(NC(=O)Cc2cccnc2)CC1. The molecule has 0 unspecified atom stereocenters. The Bertz CT molecular complexity index is 402. The van der Waals surface area contributed by atoms with Crippen LogP contribution in [0.2, 0.25) is 0 Å². The maximum Gasteiger partial charge on any atom is 0.224 e. The zero-order valence-electron chi connectivity index (χ0n) is 10.8. The summed E-state index contributed by atoms with van der Waals surface area (Å²) in [5.41, 5.74) is 1.12. The highest BCUT2D eigenvalue weighted by atomic mass is 16.1. The van der Waals surface area contributed by atoms with Crippen molar-refractivity contribution in [2.24, 2.45) is 5.41 Å². The topological polar surface area (TPSA) is 42.0 Å². The fourth-order valence-electron chi connectivity index (χ4n) is 2.19. The lowest BCUT2D eigenvalue weighted by molar-refractivity contribution is -0.122. The largest absolute Gasteiger partial charge is 0.350 e. The van der Waals surface area contributed by atoms with Crippen molar-refractivity contribution >= 4 is 5.91 Å². The molecule has 0 radical (unpaired) electrons. The molecule has 1 aromatic rings. The Labute approximate surface area is 103 Å². The van der Waals surface area contributed by atoms with Crippen LogP contribution in [0.4, 0.5) is 0 Å². The van der Waals surface area contributed by atoms with Crippen molar-refractivity contribution in [3.05, 3.63) is 30.1 Å². The van der Waals surface area contributed by atoms with Crippen molar-refractivity contribution in [1.29, 1.82) is 0 Å². The molecule has 2 rings (SSSR count). The first-order valence-corrected chi connectivity index (χ1v) is 6.13. The first kappa shape index (κ1) is 12.1. The van der Waals surface area contributed by atoms with Crippen molar-refractivity contribution in [3.8, 4) is 0 Å². The second-order valence-corrected chi connectivity index (χ2v) is 5.92. The molecule has 0 spiro atoms. The van der Waals surface area contributed by atoms with E-state index in [1.54, 1.807) is 12.4 Å². The second kappa shape index (κ2) is 4.13. The van der Waals surface area contributed by atoms with Crippen LogP contribution in [0.3, 0.4) is 0 Å². The summed E-state index contributed by atoms with van der Waals surface area (Å²) in [5.74, 6) is 0.102. The number of nitrogens with zero attached hydrogens (tertiary/aromatic N) is 1. The summed E-state index contributed by atoms with van der Waals surface area (Å²) in [5, 5.41) is 3.19. The van der Waals surface area contributed by atoms with Crippen LogP contribution in [0.5, 0.6) is 0 Å². The van der Waals surface area contributed by atoms with Crippen LogP contribution >= 0.6 is 0 Å². The van der Waals surface area contributed by atoms with Gasteiger partial charge in [0.15, 0.2) is 0 Å². The van der Waals surface area contributed by atoms with E-state index in [0.717, 1.165) is 18.4 Å². The third-order valence-corrected chi connectivity index (χ3v) is 3.65. The molecular formula is C14H20N2O. The number of carbonyl (C=O) groups is 1. The standard InChI is InChI=1S/C14H20N2O/c1-13(2,3)14(6-7-14)16-12(17)9-11-5-4-8-15-10-11/h4-5,8,10H,6-7,9H2,1-3H3,(H,16,17). The van der Waals surface area contributed by atoms with Crippen molar-refractivity contribution in [1.82, 2.24) is 10.3 Å². The van der Waals surface area contributed by atoms with E-state index in [9.17, 15) is 4.79 Å². The van der Waals surface area contributed by atoms with Gasteiger partial charge in [0.2, 0.25) is 5.91 Å². The number of rotatable bonds is 3. The molecule has 1 heterocycles. The van der Waals surface area contributed by atoms with Gasteiger partial charge >= 0.3 is 0 Å². The molecule has 0 saturated heterocycles. The van der Waals surface area contributed by atoms with E-state index in [1.165, 1.54) is 0 Å². The van der Waals surface area contributed by atoms with Gasteiger partial charge in [0.05, 0.1) is 6.42 Å². The number of aromatic nitrogens is 1. The third-order valence-electron chi connectivity index (χ3n) is 3.65. The monoisotopic (exact) mass is 232 g/mol. The maximum absolute atomic E-state index is 12.0. The van der Waals surface area contributed by atoms with E-state index in [-0.39, 0.29) is 16.9 Å². The minimum absolute atomic E-state index is 0.0201. The van der Waals surface area contributed by atoms with Crippen molar-refractivity contribution < 1.29 is 4.79 Å². The lowest BCUT2D eigenvalue weighted by Crippen LogP contribution is -2.46. The lowest BCUT2D eigenvalue weighted by Gasteiger charge is -2.31. The Hall–Kier alpha value is -1.38. The van der Waals surface area contributed by atoms with Gasteiger partial charge in [0, 0.05) is 17.9 Å². The highest BCUT2D eigenvalue weighted by Gasteiger charge is 2.52. The molecule has 1 N–H and O–H groups in total. The number of nitrogens with one attached hydrogen (secondary N) is 1. The van der Waals surface area contributed by atoms with Crippen molar-refractivity contribution in [3.63, 3.8) is 0 Å². The van der Waals surface area contributed by atoms with Crippen molar-refractivity contribution in [2.75, 3.05) is 0 Å². The van der Waals surface area contributed by atoms with Gasteiger partial charge in [-0.2, -0.15) is 0 Å². The summed E-state index contributed by atoms with van der Waals surface area (Å²) in [6.45, 7) is 6.55. The van der Waals surface area contributed by atoms with E-state index in [1.807, 2.05) is 12.1 Å². The van der Waals surface area contributed by atoms with Crippen molar-refractivity contribution in [2.45, 2.75) is 45.6 Å². The molecule has 1 aliphatic carbocycles. The van der Waals surface area contributed by atoms with Crippen LogP contribution in [0.25, 0.3) is 0 Å². The molecule has 0 aliphatic heterocycles. The molecular weight excluding hydrogens is 212 g/mol. The third kappa shape index (κ3) is 2.65. The average Bonchev–Trinajstić information content (AvgIpc) is 2.99. The van der Waals surface area contributed by atoms with Gasteiger partial charge in [-0.25, -0.2) is 0 Å². The van der Waals surface area contributed by atoms with Gasteiger partial charge in [0.25, 0.3) is 0 Å². The minimum Gasteiger partial charge on any atom is -0.350 e. The molecule has 0 aromatic carbocycles. The first-order valence-electron chi connectivity index (χ1n) is 6.13. The van der Waals surface area contributed by atoms with E-state index in [0.29, 0.717) is 6.42 Å². The van der Waals surface area contributed by atoms with Gasteiger partial charge in [0.1, 0.15) is 0 Å². The van der Waals surface area contributed by atoms with E-state index in [4.69, 9.17) is 0 Å². The molecule has 0 atom stereocenters. The second-order valence-electron chi connectivity index (χ2n) is 5.92. The fourth-order valence-corrected chi connectivity index (χ4v) is 2.19. The highest BCUT2D eigenvalue weighted by Crippen LogP contribution is 2.49. The fraction of sp³-hybridized carbons (Fsp3) is 0.571. The molecule has 1 amide bonds. The van der Waals surface area contributed by atoms with Crippen LogP contribution in [0.15, 0.2) is 24.5 Å². The van der Waals surface area contributed by atoms with Crippen LogP contribution in [0, 0.1) is 5.41 Å². The lowest BCUT2D eigenvalue weighted by atomic mass is 9.84. The molecule has 1 aliphatic rings. The number of hydrogen-bond donors (Lipinski definition) is 1. The Kier molecular flexibility index (Phi) is 2.94. The average molecular weight is 232 g/mol. The smallest absolute Gasteiger partial charge is 0.224 e. The molecule has 1 saturated carbocycles. The Balaban J connectivity index is 1.95. The summed E-state index contributed by atoms with van der Waals surface area (Å²) < 4.78 is 0. The predicted molar refractivity (Wildman–Crippen MR) is 67.5 cm³/mol. The van der Waals surface area contributed by atoms with E-state index >= 15 is 0 Å². The summed E-state index contributed by atoms with van der Waals surface area (Å²) in [4.78, 5) is 16.0. The van der Waals surface area contributed by atoms with Gasteiger partial charge in [-0.3, -0.25) is 9.78 Å². The number of amides is 1. The van der Waals surface area contributed by atoms with Crippen LogP contribution < -0.4 is 5.32 Å². The predicted octanol–water partition coefficient (Wildman–Crippen LogP) is 2.32. The van der Waals surface area contributed by atoms with Gasteiger partial charge in [-0.1, -0.05) is 26.8 Å². The molecule has 1 aromatic heterocycles. The van der Waals surface area contributed by atoms with Crippen LogP contribution in [0.1, 0.15) is 39.2 Å². The summed E-state index contributed by atoms with van der Waals surface area (Å²) in [7, 11) is 0. The zero-order valence-corrected chi connectivity index (χ0v) is 10.8. The molecule has 0 bridgehead atoms. The first-order chi connectivity index (χ1) is 7.93. The Morgan fingerprint density at radius 3 is 2.65 bits per heavy atom. The minimum atomic E-state index is 0.0201. The number of carbonyl (C=O) groups excluding carboxylic acids is 1. The summed E-state index contributed by atoms with van der Waals surface area (Å²) in [6.07, 6.45) is 6.07. The molecule has 3 nitrogen and oxygen atoms in total. The highest BCUT2D eigenvalue weighted by molar-refractivity contribution is 5.79. The number of hydrogen-bond acceptors (Lipinski definition) is 2. The van der Waals surface area contributed by atoms with E-state index in [2.05, 4.69) is 31.1 Å². The normalized spacial score (nSPS) is 17.6. The van der Waals surface area contributed by atoms with Crippen LogP contribution in [-0.4, -0.2) is 16.4 Å². The summed E-state index contributed by atoms with van der Waals surface area (Å²) >= 11 is 0. The summed E-state index contributed by atoms with van der Waals surface area (Å²) in [6, 6.07) is 3.79. The zero-order chi connectivity index (χ0) is 12.5. The molecule has 3 heteroatoms. The quantitative estimate of drug-likeness (QED) is 0.869. The Morgan fingerprint density at radius 1 is 1.47 bits per heavy atom. The molecule has 92 valence electrons. The van der Waals surface area contributed by atoms with Gasteiger partial charge in [-0.15, -0.1) is 0 Å².